The summed E-state index contributed by atoms with van der Waals surface area (Å²) < 4.78 is 0. The highest BCUT2D eigenvalue weighted by Gasteiger charge is 2.15. The lowest BCUT2D eigenvalue weighted by atomic mass is 10.3. The summed E-state index contributed by atoms with van der Waals surface area (Å²) in [5.74, 6) is 5.30. The van der Waals surface area contributed by atoms with Crippen LogP contribution in [0.4, 0.5) is 0 Å². The molecule has 0 aromatic carbocycles. The molecule has 0 amide bonds. The minimum Gasteiger partial charge on any atom is -0.392 e. The van der Waals surface area contributed by atoms with E-state index in [1.165, 1.54) is 0 Å². The van der Waals surface area contributed by atoms with Gasteiger partial charge in [0.25, 0.3) is 0 Å². The molecule has 0 aromatic rings. The van der Waals surface area contributed by atoms with Crippen LogP contribution in [-0.2, 0) is 0 Å². The van der Waals surface area contributed by atoms with Crippen molar-refractivity contribution >= 4 is 0 Å². The van der Waals surface area contributed by atoms with Gasteiger partial charge in [-0.15, -0.1) is 0 Å². The molecule has 1 atom stereocenters. The Morgan fingerprint density at radius 1 is 1.71 bits per heavy atom. The average Bonchev–Trinajstić information content (AvgIpc) is 1.87. The Balaban J connectivity index is 2.26. The molecule has 7 heavy (non-hydrogen) atoms. The van der Waals surface area contributed by atoms with Gasteiger partial charge in [-0.3, -0.25) is 5.84 Å². The maximum absolute atomic E-state index is 8.78. The molecule has 1 rings (SSSR count). The first-order valence-corrected chi connectivity index (χ1v) is 2.47. The summed E-state index contributed by atoms with van der Waals surface area (Å²) in [5, 5.41) is 10.4. The van der Waals surface area contributed by atoms with Crippen LogP contribution in [0.25, 0.3) is 0 Å². The van der Waals surface area contributed by atoms with Gasteiger partial charge in [-0.05, 0) is 6.42 Å². The molecule has 3 nitrogen and oxygen atoms in total. The fraction of sp³-hybridized carbons (Fsp3) is 1.00. The molecule has 0 radical (unpaired) electrons. The molecule has 3 heteroatoms. The first kappa shape index (κ1) is 5.03. The van der Waals surface area contributed by atoms with Crippen LogP contribution in [0, 0.1) is 0 Å². The zero-order valence-electron chi connectivity index (χ0n) is 4.17. The molecule has 1 aliphatic rings. The number of rotatable bonds is 0. The van der Waals surface area contributed by atoms with Gasteiger partial charge in [-0.1, -0.05) is 0 Å². The second-order valence-electron chi connectivity index (χ2n) is 1.94. The van der Waals surface area contributed by atoms with Crippen LogP contribution in [0.15, 0.2) is 0 Å². The predicted octanol–water partition coefficient (Wildman–Crippen LogP) is -1.07. The van der Waals surface area contributed by atoms with Gasteiger partial charge in [0.05, 0.1) is 6.10 Å². The summed E-state index contributed by atoms with van der Waals surface area (Å²) >= 11 is 0. The smallest absolute Gasteiger partial charge is 0.0693 e. The van der Waals surface area contributed by atoms with Crippen LogP contribution in [0.1, 0.15) is 6.42 Å². The standard InChI is InChI=1S/C4H10N2O/c5-6-2-1-4(7)3-6/h4,7H,1-3,5H2. The monoisotopic (exact) mass is 102 g/mol. The van der Waals surface area contributed by atoms with Crippen LogP contribution in [0.2, 0.25) is 0 Å². The molecular weight excluding hydrogens is 92.1 g/mol. The summed E-state index contributed by atoms with van der Waals surface area (Å²) in [6.45, 7) is 1.47. The van der Waals surface area contributed by atoms with E-state index in [9.17, 15) is 0 Å². The molecule has 1 heterocycles. The van der Waals surface area contributed by atoms with Gasteiger partial charge in [-0.25, -0.2) is 5.01 Å². The molecule has 0 bridgehead atoms. The topological polar surface area (TPSA) is 49.5 Å². The van der Waals surface area contributed by atoms with Gasteiger partial charge in [-0.2, -0.15) is 0 Å². The minimum atomic E-state index is -0.176. The Bertz CT molecular complexity index is 58.7. The van der Waals surface area contributed by atoms with Gasteiger partial charge in [0.15, 0.2) is 0 Å². The molecule has 1 unspecified atom stereocenters. The summed E-state index contributed by atoms with van der Waals surface area (Å²) in [6.07, 6.45) is 0.654. The van der Waals surface area contributed by atoms with E-state index in [1.807, 2.05) is 0 Å². The first-order valence-electron chi connectivity index (χ1n) is 2.47. The van der Waals surface area contributed by atoms with E-state index in [0.29, 0.717) is 6.54 Å². The summed E-state index contributed by atoms with van der Waals surface area (Å²) in [6, 6.07) is 0. The van der Waals surface area contributed by atoms with Gasteiger partial charge >= 0.3 is 0 Å². The highest BCUT2D eigenvalue weighted by Crippen LogP contribution is 2.01. The van der Waals surface area contributed by atoms with E-state index in [0.717, 1.165) is 13.0 Å². The number of nitrogens with two attached hydrogens (primary N) is 1. The third-order valence-corrected chi connectivity index (χ3v) is 1.19. The summed E-state index contributed by atoms with van der Waals surface area (Å²) in [4.78, 5) is 0. The van der Waals surface area contributed by atoms with Crippen molar-refractivity contribution in [3.63, 3.8) is 0 Å². The number of hydrazine groups is 1. The van der Waals surface area contributed by atoms with Crippen molar-refractivity contribution in [2.24, 2.45) is 5.84 Å². The summed E-state index contributed by atoms with van der Waals surface area (Å²) in [5.41, 5.74) is 0. The zero-order valence-corrected chi connectivity index (χ0v) is 4.17. The first-order chi connectivity index (χ1) is 3.29. The van der Waals surface area contributed by atoms with Crippen molar-refractivity contribution in [2.45, 2.75) is 12.5 Å². The number of hydrogen-bond donors (Lipinski definition) is 2. The van der Waals surface area contributed by atoms with Crippen LogP contribution in [0.5, 0.6) is 0 Å². The molecule has 0 aromatic heterocycles. The number of aliphatic hydroxyl groups is 1. The Morgan fingerprint density at radius 2 is 2.43 bits per heavy atom. The second-order valence-corrected chi connectivity index (χ2v) is 1.94. The number of aliphatic hydroxyl groups excluding tert-OH is 1. The van der Waals surface area contributed by atoms with E-state index in [1.54, 1.807) is 5.01 Å². The normalized spacial score (nSPS) is 34.3. The Labute approximate surface area is 42.7 Å². The molecule has 0 aliphatic carbocycles. The highest BCUT2D eigenvalue weighted by molar-refractivity contribution is 4.68. The van der Waals surface area contributed by atoms with Crippen LogP contribution in [-0.4, -0.2) is 29.3 Å². The van der Waals surface area contributed by atoms with E-state index in [2.05, 4.69) is 0 Å². The third-order valence-electron chi connectivity index (χ3n) is 1.19. The predicted molar refractivity (Wildman–Crippen MR) is 26.4 cm³/mol. The zero-order chi connectivity index (χ0) is 5.28. The SMILES string of the molecule is NN1CCC(O)C1. The van der Waals surface area contributed by atoms with Crippen molar-refractivity contribution < 1.29 is 5.11 Å². The summed E-state index contributed by atoms with van der Waals surface area (Å²) in [7, 11) is 0. The van der Waals surface area contributed by atoms with Crippen molar-refractivity contribution in [2.75, 3.05) is 13.1 Å². The van der Waals surface area contributed by atoms with Gasteiger partial charge in [0, 0.05) is 13.1 Å². The lowest BCUT2D eigenvalue weighted by molar-refractivity contribution is 0.177. The van der Waals surface area contributed by atoms with E-state index < -0.39 is 0 Å². The number of nitrogens with zero attached hydrogens (tertiary/aromatic N) is 1. The van der Waals surface area contributed by atoms with Crippen LogP contribution >= 0.6 is 0 Å². The van der Waals surface area contributed by atoms with E-state index in [-0.39, 0.29) is 6.10 Å². The molecule has 1 aliphatic heterocycles. The minimum absolute atomic E-state index is 0.176. The Kier molecular flexibility index (Phi) is 1.27. The van der Waals surface area contributed by atoms with Crippen molar-refractivity contribution in [1.29, 1.82) is 0 Å². The Morgan fingerprint density at radius 3 is 2.57 bits per heavy atom. The van der Waals surface area contributed by atoms with Crippen molar-refractivity contribution in [3.8, 4) is 0 Å². The van der Waals surface area contributed by atoms with E-state index >= 15 is 0 Å². The average molecular weight is 102 g/mol. The van der Waals surface area contributed by atoms with Crippen LogP contribution in [0.3, 0.4) is 0 Å². The fourth-order valence-electron chi connectivity index (χ4n) is 0.768. The van der Waals surface area contributed by atoms with Gasteiger partial charge < -0.3 is 5.11 Å². The molecule has 0 saturated carbocycles. The molecule has 42 valence electrons. The quantitative estimate of drug-likeness (QED) is 0.383. The highest BCUT2D eigenvalue weighted by atomic mass is 16.3. The number of hydrogen-bond acceptors (Lipinski definition) is 3. The van der Waals surface area contributed by atoms with E-state index in [4.69, 9.17) is 10.9 Å². The van der Waals surface area contributed by atoms with Crippen molar-refractivity contribution in [1.82, 2.24) is 5.01 Å². The van der Waals surface area contributed by atoms with Crippen molar-refractivity contribution in [3.05, 3.63) is 0 Å². The molecule has 1 saturated heterocycles. The maximum atomic E-state index is 8.78. The molecular formula is C4H10N2O. The lowest BCUT2D eigenvalue weighted by Crippen LogP contribution is -2.28. The number of β-amino-alcohol motifs (C(OH)–C–C–N with tert-alkyl or cyclic N) is 1. The molecule has 3 N–H and O–H groups in total. The Hall–Kier alpha value is -0.120. The largest absolute Gasteiger partial charge is 0.392 e. The maximum Gasteiger partial charge on any atom is 0.0693 e. The lowest BCUT2D eigenvalue weighted by Gasteiger charge is -2.02. The van der Waals surface area contributed by atoms with Crippen LogP contribution < -0.4 is 5.84 Å². The van der Waals surface area contributed by atoms with Gasteiger partial charge in [0.2, 0.25) is 0 Å². The van der Waals surface area contributed by atoms with Gasteiger partial charge in [0.1, 0.15) is 0 Å². The second kappa shape index (κ2) is 1.78. The fourth-order valence-corrected chi connectivity index (χ4v) is 0.768. The third kappa shape index (κ3) is 1.12. The molecule has 1 fully saturated rings. The molecule has 0 spiro atoms.